The maximum absolute atomic E-state index is 13.8. The molecule has 0 aliphatic carbocycles. The van der Waals surface area contributed by atoms with Crippen LogP contribution in [-0.4, -0.2) is 30.3 Å². The third-order valence-electron chi connectivity index (χ3n) is 3.16. The molecule has 0 aromatic heterocycles. The molecule has 0 N–H and O–H groups in total. The van der Waals surface area contributed by atoms with Crippen molar-refractivity contribution in [3.05, 3.63) is 29.6 Å². The Hall–Kier alpha value is -1.29. The maximum atomic E-state index is 13.8. The van der Waals surface area contributed by atoms with E-state index in [1.165, 1.54) is 13.2 Å². The summed E-state index contributed by atoms with van der Waals surface area (Å²) >= 11 is 5.75. The van der Waals surface area contributed by atoms with E-state index in [0.29, 0.717) is 30.2 Å². The lowest BCUT2D eigenvalue weighted by atomic mass is 10.1. The Balaban J connectivity index is 2.17. The van der Waals surface area contributed by atoms with Crippen molar-refractivity contribution in [3.63, 3.8) is 0 Å². The first-order valence-corrected chi connectivity index (χ1v) is 6.34. The second kappa shape index (κ2) is 5.57. The van der Waals surface area contributed by atoms with Gasteiger partial charge in [0.15, 0.2) is 0 Å². The fourth-order valence-corrected chi connectivity index (χ4v) is 2.39. The van der Waals surface area contributed by atoms with Crippen LogP contribution in [0.4, 0.5) is 4.39 Å². The number of likely N-dealkylation sites (tertiary alicyclic amines) is 1. The molecule has 0 radical (unpaired) electrons. The Kier molecular flexibility index (Phi) is 4.07. The van der Waals surface area contributed by atoms with Crippen molar-refractivity contribution in [2.24, 2.45) is 5.92 Å². The minimum Gasteiger partial charge on any atom is -0.496 e. The fraction of sp³-hybridized carbons (Fsp3) is 0.462. The van der Waals surface area contributed by atoms with Crippen LogP contribution >= 0.6 is 11.6 Å². The van der Waals surface area contributed by atoms with Crippen LogP contribution in [-0.2, 0) is 11.3 Å². The van der Waals surface area contributed by atoms with Crippen molar-refractivity contribution in [1.82, 2.24) is 4.90 Å². The number of hydrogen-bond acceptors (Lipinski definition) is 2. The van der Waals surface area contributed by atoms with Crippen molar-refractivity contribution in [2.75, 3.05) is 19.5 Å². The Labute approximate surface area is 110 Å². The molecule has 1 aliphatic rings. The number of hydrogen-bond donors (Lipinski definition) is 0. The van der Waals surface area contributed by atoms with Gasteiger partial charge in [0.1, 0.15) is 11.6 Å². The summed E-state index contributed by atoms with van der Waals surface area (Å²) < 4.78 is 18.9. The standard InChI is InChI=1S/C13H15ClFNO2/c1-18-12-4-2-3-11(15)10(12)8-16-7-9(6-14)5-13(16)17/h2-4,9H,5-8H2,1H3. The molecule has 1 aromatic carbocycles. The molecule has 1 fully saturated rings. The number of carbonyl (C=O) groups is 1. The molecule has 18 heavy (non-hydrogen) atoms. The summed E-state index contributed by atoms with van der Waals surface area (Å²) in [4.78, 5) is 13.4. The fourth-order valence-electron chi connectivity index (χ4n) is 2.18. The van der Waals surface area contributed by atoms with Crippen LogP contribution in [0.15, 0.2) is 18.2 Å². The summed E-state index contributed by atoms with van der Waals surface area (Å²) in [5, 5.41) is 0. The topological polar surface area (TPSA) is 29.5 Å². The third-order valence-corrected chi connectivity index (χ3v) is 3.59. The molecule has 3 nitrogen and oxygen atoms in total. The molecular weight excluding hydrogens is 257 g/mol. The van der Waals surface area contributed by atoms with Gasteiger partial charge in [-0.2, -0.15) is 0 Å². The smallest absolute Gasteiger partial charge is 0.223 e. The van der Waals surface area contributed by atoms with Gasteiger partial charge < -0.3 is 9.64 Å². The summed E-state index contributed by atoms with van der Waals surface area (Å²) in [6.45, 7) is 0.821. The average Bonchev–Trinajstić information content (AvgIpc) is 2.73. The molecule has 1 atom stereocenters. The van der Waals surface area contributed by atoms with Crippen molar-refractivity contribution < 1.29 is 13.9 Å². The summed E-state index contributed by atoms with van der Waals surface area (Å²) in [7, 11) is 1.49. The molecule has 0 saturated carbocycles. The molecular formula is C13H15ClFNO2. The van der Waals surface area contributed by atoms with Crippen LogP contribution in [0.1, 0.15) is 12.0 Å². The summed E-state index contributed by atoms with van der Waals surface area (Å²) in [5.74, 6) is 0.757. The first-order valence-electron chi connectivity index (χ1n) is 5.80. The normalized spacial score (nSPS) is 19.4. The number of ether oxygens (including phenoxy) is 1. The van der Waals surface area contributed by atoms with Crippen molar-refractivity contribution in [1.29, 1.82) is 0 Å². The SMILES string of the molecule is COc1cccc(F)c1CN1CC(CCl)CC1=O. The van der Waals surface area contributed by atoms with Crippen molar-refractivity contribution in [2.45, 2.75) is 13.0 Å². The Morgan fingerprint density at radius 1 is 1.56 bits per heavy atom. The van der Waals surface area contributed by atoms with Crippen LogP contribution in [0.5, 0.6) is 5.75 Å². The number of alkyl halides is 1. The van der Waals surface area contributed by atoms with Gasteiger partial charge in [0.05, 0.1) is 13.7 Å². The van der Waals surface area contributed by atoms with Crippen LogP contribution in [0.2, 0.25) is 0 Å². The molecule has 1 unspecified atom stereocenters. The second-order valence-electron chi connectivity index (χ2n) is 4.42. The minimum atomic E-state index is -0.350. The largest absolute Gasteiger partial charge is 0.496 e. The zero-order valence-electron chi connectivity index (χ0n) is 10.2. The van der Waals surface area contributed by atoms with E-state index in [9.17, 15) is 9.18 Å². The van der Waals surface area contributed by atoms with Gasteiger partial charge in [0.25, 0.3) is 0 Å². The highest BCUT2D eigenvalue weighted by Gasteiger charge is 2.30. The predicted molar refractivity (Wildman–Crippen MR) is 67.2 cm³/mol. The maximum Gasteiger partial charge on any atom is 0.223 e. The number of nitrogens with zero attached hydrogens (tertiary/aromatic N) is 1. The van der Waals surface area contributed by atoms with Gasteiger partial charge in [-0.05, 0) is 18.1 Å². The molecule has 0 bridgehead atoms. The molecule has 1 saturated heterocycles. The molecule has 1 amide bonds. The molecule has 0 spiro atoms. The summed E-state index contributed by atoms with van der Waals surface area (Å²) in [5.41, 5.74) is 0.420. The van der Waals surface area contributed by atoms with E-state index in [1.54, 1.807) is 17.0 Å². The van der Waals surface area contributed by atoms with Gasteiger partial charge >= 0.3 is 0 Å². The van der Waals surface area contributed by atoms with Crippen LogP contribution in [0.3, 0.4) is 0 Å². The van der Waals surface area contributed by atoms with E-state index in [0.717, 1.165) is 0 Å². The van der Waals surface area contributed by atoms with Gasteiger partial charge in [-0.15, -0.1) is 11.6 Å². The van der Waals surface area contributed by atoms with Gasteiger partial charge in [-0.25, -0.2) is 4.39 Å². The Bertz CT molecular complexity index is 453. The van der Waals surface area contributed by atoms with E-state index < -0.39 is 0 Å². The molecule has 2 rings (SSSR count). The van der Waals surface area contributed by atoms with E-state index in [1.807, 2.05) is 0 Å². The van der Waals surface area contributed by atoms with Gasteiger partial charge in [-0.1, -0.05) is 6.07 Å². The Morgan fingerprint density at radius 2 is 2.33 bits per heavy atom. The molecule has 98 valence electrons. The highest BCUT2D eigenvalue weighted by Crippen LogP contribution is 2.26. The summed E-state index contributed by atoms with van der Waals surface area (Å²) in [6, 6.07) is 4.65. The number of amides is 1. The van der Waals surface area contributed by atoms with Crippen molar-refractivity contribution in [3.8, 4) is 5.75 Å². The van der Waals surface area contributed by atoms with Crippen LogP contribution in [0.25, 0.3) is 0 Å². The lowest BCUT2D eigenvalue weighted by Gasteiger charge is -2.18. The van der Waals surface area contributed by atoms with E-state index in [-0.39, 0.29) is 24.2 Å². The molecule has 1 aromatic rings. The lowest BCUT2D eigenvalue weighted by molar-refractivity contribution is -0.128. The number of carbonyl (C=O) groups excluding carboxylic acids is 1. The number of benzene rings is 1. The van der Waals surface area contributed by atoms with E-state index >= 15 is 0 Å². The van der Waals surface area contributed by atoms with Gasteiger partial charge in [-0.3, -0.25) is 4.79 Å². The quantitative estimate of drug-likeness (QED) is 0.787. The molecule has 1 aliphatic heterocycles. The van der Waals surface area contributed by atoms with E-state index in [4.69, 9.17) is 16.3 Å². The number of halogens is 2. The minimum absolute atomic E-state index is 0.0194. The summed E-state index contributed by atoms with van der Waals surface area (Å²) in [6.07, 6.45) is 0.445. The first-order chi connectivity index (χ1) is 8.65. The van der Waals surface area contributed by atoms with Gasteiger partial charge in [0, 0.05) is 24.4 Å². The zero-order chi connectivity index (χ0) is 13.1. The van der Waals surface area contributed by atoms with Crippen LogP contribution in [0, 0.1) is 11.7 Å². The monoisotopic (exact) mass is 271 g/mol. The number of rotatable bonds is 4. The second-order valence-corrected chi connectivity index (χ2v) is 4.73. The highest BCUT2D eigenvalue weighted by atomic mass is 35.5. The molecule has 5 heteroatoms. The van der Waals surface area contributed by atoms with E-state index in [2.05, 4.69) is 0 Å². The number of methoxy groups -OCH3 is 1. The van der Waals surface area contributed by atoms with Crippen molar-refractivity contribution >= 4 is 17.5 Å². The zero-order valence-corrected chi connectivity index (χ0v) is 10.9. The highest BCUT2D eigenvalue weighted by molar-refractivity contribution is 6.18. The third kappa shape index (κ3) is 2.58. The average molecular weight is 272 g/mol. The van der Waals surface area contributed by atoms with Gasteiger partial charge in [0.2, 0.25) is 5.91 Å². The molecule has 1 heterocycles. The first kappa shape index (κ1) is 13.1. The van der Waals surface area contributed by atoms with Crippen LogP contribution < -0.4 is 4.74 Å². The lowest BCUT2D eigenvalue weighted by Crippen LogP contribution is -2.25. The predicted octanol–water partition coefficient (Wildman–Crippen LogP) is 2.42. The Morgan fingerprint density at radius 3 is 2.94 bits per heavy atom.